The number of aliphatic hydroxyl groups excluding tert-OH is 1. The van der Waals surface area contributed by atoms with E-state index in [-0.39, 0.29) is 18.3 Å². The molecule has 0 amide bonds. The van der Waals surface area contributed by atoms with Crippen LogP contribution in [0.2, 0.25) is 0 Å². The fraction of sp³-hybridized carbons (Fsp3) is 0.708. The second kappa shape index (κ2) is 9.94. The Morgan fingerprint density at radius 1 is 1.34 bits per heavy atom. The molecule has 5 unspecified atom stereocenters. The van der Waals surface area contributed by atoms with E-state index in [1.54, 1.807) is 19.0 Å². The molecule has 0 radical (unpaired) electrons. The third-order valence-corrected chi connectivity index (χ3v) is 6.96. The van der Waals surface area contributed by atoms with Crippen molar-refractivity contribution in [3.8, 4) is 0 Å². The Kier molecular flexibility index (Phi) is 7.58. The molecule has 0 aromatic rings. The summed E-state index contributed by atoms with van der Waals surface area (Å²) in [6.07, 6.45) is 19.7. The maximum absolute atomic E-state index is 11.3. The van der Waals surface area contributed by atoms with Crippen LogP contribution in [0.15, 0.2) is 36.1 Å². The minimum Gasteiger partial charge on any atom is -0.494 e. The zero-order chi connectivity index (χ0) is 20.9. The van der Waals surface area contributed by atoms with Crippen molar-refractivity contribution >= 4 is 5.97 Å². The van der Waals surface area contributed by atoms with Crippen molar-refractivity contribution in [3.05, 3.63) is 36.1 Å². The van der Waals surface area contributed by atoms with E-state index in [0.717, 1.165) is 12.4 Å². The molecular weight excluding hydrogens is 366 g/mol. The zero-order valence-corrected chi connectivity index (χ0v) is 17.9. The number of hydrogen-bond donors (Lipinski definition) is 2. The molecule has 2 N–H and O–H groups in total. The van der Waals surface area contributed by atoms with Crippen molar-refractivity contribution in [2.45, 2.75) is 64.0 Å². The van der Waals surface area contributed by atoms with Crippen LogP contribution in [0.3, 0.4) is 0 Å². The Labute approximate surface area is 175 Å². The summed E-state index contributed by atoms with van der Waals surface area (Å²) in [5.74, 6) is 0.273. The van der Waals surface area contributed by atoms with E-state index in [4.69, 9.17) is 4.74 Å². The zero-order valence-electron chi connectivity index (χ0n) is 17.9. The van der Waals surface area contributed by atoms with Crippen molar-refractivity contribution in [1.82, 2.24) is 4.90 Å². The first kappa shape index (κ1) is 22.1. The first-order chi connectivity index (χ1) is 13.9. The standard InChI is InChI=1S/C24H37NO4/c1-25(2)23(28)21(15-22(26)27)19-8-10-20(11-9-19)29-17-18-7-6-14-24(16-18)12-4-3-5-13-24/h4,8,10-12,18-19,21,23,28H,3,5-7,9,13-17H2,1-2H3,(H,26,27). The van der Waals surface area contributed by atoms with E-state index in [0.29, 0.717) is 17.8 Å². The van der Waals surface area contributed by atoms with Crippen LogP contribution < -0.4 is 0 Å². The van der Waals surface area contributed by atoms with Gasteiger partial charge in [0.25, 0.3) is 0 Å². The van der Waals surface area contributed by atoms with Gasteiger partial charge >= 0.3 is 5.97 Å². The van der Waals surface area contributed by atoms with Crippen LogP contribution >= 0.6 is 0 Å². The summed E-state index contributed by atoms with van der Waals surface area (Å²) in [7, 11) is 3.55. The third-order valence-electron chi connectivity index (χ3n) is 6.96. The van der Waals surface area contributed by atoms with E-state index >= 15 is 0 Å². The number of rotatable bonds is 8. The van der Waals surface area contributed by atoms with Gasteiger partial charge < -0.3 is 14.9 Å². The highest BCUT2D eigenvalue weighted by Gasteiger charge is 2.35. The fourth-order valence-electron chi connectivity index (χ4n) is 5.35. The van der Waals surface area contributed by atoms with Gasteiger partial charge in [-0.3, -0.25) is 9.69 Å². The van der Waals surface area contributed by atoms with Gasteiger partial charge in [-0.1, -0.05) is 24.6 Å². The maximum atomic E-state index is 11.3. The van der Waals surface area contributed by atoms with Gasteiger partial charge in [0.05, 0.1) is 13.0 Å². The van der Waals surface area contributed by atoms with Gasteiger partial charge in [0.15, 0.2) is 0 Å². The van der Waals surface area contributed by atoms with Crippen LogP contribution in [0.1, 0.15) is 57.8 Å². The number of carboxylic acid groups (broad SMARTS) is 1. The van der Waals surface area contributed by atoms with Gasteiger partial charge in [0.1, 0.15) is 12.0 Å². The highest BCUT2D eigenvalue weighted by molar-refractivity contribution is 5.67. The largest absolute Gasteiger partial charge is 0.494 e. The second-order valence-corrected chi connectivity index (χ2v) is 9.43. The lowest BCUT2D eigenvalue weighted by molar-refractivity contribution is -0.141. The number of nitrogens with zero attached hydrogens (tertiary/aromatic N) is 1. The van der Waals surface area contributed by atoms with Crippen molar-refractivity contribution in [2.75, 3.05) is 20.7 Å². The van der Waals surface area contributed by atoms with Crippen LogP contribution in [-0.2, 0) is 9.53 Å². The summed E-state index contributed by atoms with van der Waals surface area (Å²) in [4.78, 5) is 12.9. The first-order valence-corrected chi connectivity index (χ1v) is 11.1. The fourth-order valence-corrected chi connectivity index (χ4v) is 5.35. The number of hydrogen-bond acceptors (Lipinski definition) is 4. The molecule has 162 valence electrons. The lowest BCUT2D eigenvalue weighted by Gasteiger charge is -2.40. The van der Waals surface area contributed by atoms with Crippen LogP contribution in [0.25, 0.3) is 0 Å². The lowest BCUT2D eigenvalue weighted by Crippen LogP contribution is -2.39. The SMILES string of the molecule is CN(C)C(O)C(CC(=O)O)C1C=CC(OCC2CCCC3(C=CCCC3)C2)=CC1. The van der Waals surface area contributed by atoms with E-state index in [2.05, 4.69) is 18.2 Å². The van der Waals surface area contributed by atoms with Gasteiger partial charge in [0.2, 0.25) is 0 Å². The van der Waals surface area contributed by atoms with Crippen molar-refractivity contribution in [3.63, 3.8) is 0 Å². The summed E-state index contributed by atoms with van der Waals surface area (Å²) in [5.41, 5.74) is 0.415. The Morgan fingerprint density at radius 2 is 2.14 bits per heavy atom. The molecule has 0 heterocycles. The highest BCUT2D eigenvalue weighted by atomic mass is 16.5. The smallest absolute Gasteiger partial charge is 0.303 e. The molecule has 0 aromatic heterocycles. The molecule has 1 fully saturated rings. The second-order valence-electron chi connectivity index (χ2n) is 9.43. The summed E-state index contributed by atoms with van der Waals surface area (Å²) < 4.78 is 6.13. The Morgan fingerprint density at radius 3 is 2.76 bits per heavy atom. The van der Waals surface area contributed by atoms with Crippen LogP contribution in [0, 0.1) is 23.2 Å². The van der Waals surface area contributed by atoms with Crippen molar-refractivity contribution in [1.29, 1.82) is 0 Å². The predicted molar refractivity (Wildman–Crippen MR) is 114 cm³/mol. The van der Waals surface area contributed by atoms with Gasteiger partial charge in [-0.2, -0.15) is 0 Å². The molecule has 3 aliphatic carbocycles. The number of aliphatic carboxylic acids is 1. The quantitative estimate of drug-likeness (QED) is 0.466. The van der Waals surface area contributed by atoms with Crippen molar-refractivity contribution < 1.29 is 19.7 Å². The third kappa shape index (κ3) is 5.95. The molecule has 1 saturated carbocycles. The van der Waals surface area contributed by atoms with Gasteiger partial charge in [-0.05, 0) is 88.4 Å². The first-order valence-electron chi connectivity index (χ1n) is 11.1. The molecule has 1 spiro atoms. The molecule has 29 heavy (non-hydrogen) atoms. The molecule has 0 saturated heterocycles. The van der Waals surface area contributed by atoms with Gasteiger partial charge in [0, 0.05) is 5.92 Å². The maximum Gasteiger partial charge on any atom is 0.303 e. The van der Waals surface area contributed by atoms with Crippen molar-refractivity contribution in [2.24, 2.45) is 23.2 Å². The van der Waals surface area contributed by atoms with Crippen LogP contribution in [0.4, 0.5) is 0 Å². The monoisotopic (exact) mass is 403 g/mol. The highest BCUT2D eigenvalue weighted by Crippen LogP contribution is 2.46. The van der Waals surface area contributed by atoms with E-state index < -0.39 is 12.2 Å². The Bertz CT molecular complexity index is 653. The minimum absolute atomic E-state index is 0.00109. The van der Waals surface area contributed by atoms with E-state index in [1.807, 2.05) is 12.2 Å². The van der Waals surface area contributed by atoms with Crippen LogP contribution in [-0.4, -0.2) is 48.0 Å². The summed E-state index contributed by atoms with van der Waals surface area (Å²) in [6.45, 7) is 0.759. The topological polar surface area (TPSA) is 70.0 Å². The molecule has 5 atom stereocenters. The molecule has 0 aromatic carbocycles. The van der Waals surface area contributed by atoms with Gasteiger partial charge in [-0.15, -0.1) is 0 Å². The van der Waals surface area contributed by atoms with Gasteiger partial charge in [-0.25, -0.2) is 0 Å². The molecule has 0 aliphatic heterocycles. The predicted octanol–water partition coefficient (Wildman–Crippen LogP) is 4.35. The Balaban J connectivity index is 1.52. The lowest BCUT2D eigenvalue weighted by atomic mass is 9.65. The number of ether oxygens (including phenoxy) is 1. The minimum atomic E-state index is -0.877. The summed E-state index contributed by atoms with van der Waals surface area (Å²) in [6, 6.07) is 0. The average molecular weight is 404 g/mol. The molecule has 3 rings (SSSR count). The Hall–Kier alpha value is -1.59. The number of carbonyl (C=O) groups is 1. The number of carboxylic acids is 1. The number of allylic oxidation sites excluding steroid dienone is 5. The molecular formula is C24H37NO4. The van der Waals surface area contributed by atoms with Crippen LogP contribution in [0.5, 0.6) is 0 Å². The molecule has 5 nitrogen and oxygen atoms in total. The molecule has 3 aliphatic rings. The summed E-state index contributed by atoms with van der Waals surface area (Å²) >= 11 is 0. The average Bonchev–Trinajstić information content (AvgIpc) is 2.71. The normalized spacial score (nSPS) is 31.5. The van der Waals surface area contributed by atoms with E-state index in [1.165, 1.54) is 44.9 Å². The molecule has 5 heteroatoms. The molecule has 0 bridgehead atoms. The number of aliphatic hydroxyl groups is 1. The summed E-state index contributed by atoms with van der Waals surface area (Å²) in [5, 5.41) is 19.7. The van der Waals surface area contributed by atoms with E-state index in [9.17, 15) is 15.0 Å².